The number of anilines is 2. The summed E-state index contributed by atoms with van der Waals surface area (Å²) in [5.41, 5.74) is 4.76. The first-order valence-corrected chi connectivity index (χ1v) is 13.0. The Morgan fingerprint density at radius 1 is 1.11 bits per heavy atom. The molecule has 0 spiro atoms. The van der Waals surface area contributed by atoms with Gasteiger partial charge >= 0.3 is 0 Å². The van der Waals surface area contributed by atoms with Gasteiger partial charge in [-0.05, 0) is 55.6 Å². The van der Waals surface area contributed by atoms with Crippen LogP contribution < -0.4 is 15.5 Å². The maximum Gasteiger partial charge on any atom is 0.258 e. The van der Waals surface area contributed by atoms with Crippen molar-refractivity contribution in [1.29, 1.82) is 0 Å². The Bertz CT molecular complexity index is 1340. The first kappa shape index (κ1) is 24.3. The fourth-order valence-electron chi connectivity index (χ4n) is 4.71. The molecule has 8 heteroatoms. The van der Waals surface area contributed by atoms with Gasteiger partial charge in [-0.1, -0.05) is 49.2 Å². The molecule has 2 N–H and O–H groups in total. The van der Waals surface area contributed by atoms with Crippen LogP contribution in [0.5, 0.6) is 0 Å². The average Bonchev–Trinajstić information content (AvgIpc) is 3.33. The predicted octanol–water partition coefficient (Wildman–Crippen LogP) is 5.66. The van der Waals surface area contributed by atoms with Crippen LogP contribution in [-0.2, 0) is 0 Å². The van der Waals surface area contributed by atoms with Gasteiger partial charge in [-0.25, -0.2) is 9.50 Å². The highest BCUT2D eigenvalue weighted by molar-refractivity contribution is 6.30. The molecule has 4 aromatic rings. The number of unbranched alkanes of at least 4 members (excludes halogenated alkanes) is 1. The molecule has 36 heavy (non-hydrogen) atoms. The molecule has 0 unspecified atom stereocenters. The van der Waals surface area contributed by atoms with Gasteiger partial charge in [0.15, 0.2) is 5.65 Å². The number of piperidine rings is 1. The molecular formula is C28H31ClN6O. The molecule has 0 radical (unpaired) electrons. The largest absolute Gasteiger partial charge is 0.370 e. The van der Waals surface area contributed by atoms with E-state index in [1.165, 1.54) is 12.8 Å². The topological polar surface area (TPSA) is 74.6 Å². The Morgan fingerprint density at radius 2 is 1.94 bits per heavy atom. The number of fused-ring (bicyclic) bond motifs is 1. The monoisotopic (exact) mass is 502 g/mol. The van der Waals surface area contributed by atoms with Gasteiger partial charge in [0.05, 0.1) is 23.1 Å². The van der Waals surface area contributed by atoms with Crippen molar-refractivity contribution < 1.29 is 4.79 Å². The Balaban J connectivity index is 1.29. The number of hydrogen-bond acceptors (Lipinski definition) is 5. The molecule has 1 aliphatic rings. The lowest BCUT2D eigenvalue weighted by atomic mass is 10.0. The van der Waals surface area contributed by atoms with Gasteiger partial charge in [0.25, 0.3) is 5.91 Å². The predicted molar refractivity (Wildman–Crippen MR) is 146 cm³/mol. The molecule has 2 aromatic carbocycles. The zero-order valence-electron chi connectivity index (χ0n) is 20.5. The maximum absolute atomic E-state index is 13.2. The summed E-state index contributed by atoms with van der Waals surface area (Å²) in [6.07, 6.45) is 9.67. The van der Waals surface area contributed by atoms with Crippen LogP contribution >= 0.6 is 11.6 Å². The van der Waals surface area contributed by atoms with Crippen LogP contribution in [0, 0.1) is 0 Å². The van der Waals surface area contributed by atoms with E-state index >= 15 is 0 Å². The van der Waals surface area contributed by atoms with Crippen LogP contribution in [0.2, 0.25) is 5.02 Å². The molecule has 3 heterocycles. The van der Waals surface area contributed by atoms with Crippen molar-refractivity contribution >= 4 is 34.5 Å². The van der Waals surface area contributed by atoms with Crippen molar-refractivity contribution in [3.63, 3.8) is 0 Å². The number of para-hydroxylation sites is 2. The average molecular weight is 503 g/mol. The van der Waals surface area contributed by atoms with Gasteiger partial charge in [-0.2, -0.15) is 5.10 Å². The number of benzene rings is 2. The molecule has 7 nitrogen and oxygen atoms in total. The highest BCUT2D eigenvalue weighted by Gasteiger charge is 2.21. The molecule has 0 saturated carbocycles. The van der Waals surface area contributed by atoms with E-state index in [2.05, 4.69) is 38.6 Å². The number of hydrogen-bond donors (Lipinski definition) is 2. The number of rotatable bonds is 8. The first-order chi connectivity index (χ1) is 17.6. The number of carbonyl (C=O) groups excluding carboxylic acids is 1. The fraction of sp³-hybridized carbons (Fsp3) is 0.321. The molecule has 2 aromatic heterocycles. The van der Waals surface area contributed by atoms with Gasteiger partial charge in [0.2, 0.25) is 0 Å². The zero-order chi connectivity index (χ0) is 24.9. The smallest absolute Gasteiger partial charge is 0.258 e. The molecule has 0 bridgehead atoms. The minimum absolute atomic E-state index is 0.215. The summed E-state index contributed by atoms with van der Waals surface area (Å²) in [5.74, 6) is -0.215. The summed E-state index contributed by atoms with van der Waals surface area (Å²) in [4.78, 5) is 20.1. The molecular weight excluding hydrogens is 472 g/mol. The summed E-state index contributed by atoms with van der Waals surface area (Å²) < 4.78 is 1.63. The SMILES string of the molecule is CCCCNC1CCN(c2ccccc2NC(=O)c2cnc3c(-c4cccc(Cl)c4)cnn3c2)CC1. The minimum atomic E-state index is -0.215. The summed E-state index contributed by atoms with van der Waals surface area (Å²) in [6.45, 7) is 5.23. The standard InChI is InChI=1S/C28H31ClN6O/c1-2-3-13-30-23-11-14-34(15-12-23)26-10-5-4-9-25(26)33-28(36)21-17-31-27-24(18-32-35(27)19-21)20-7-6-8-22(29)16-20/h4-10,16-19,23,30H,2-3,11-15H2,1H3,(H,33,36). The third kappa shape index (κ3) is 5.37. The van der Waals surface area contributed by atoms with Crippen LogP contribution in [0.3, 0.4) is 0 Å². The van der Waals surface area contributed by atoms with E-state index in [0.29, 0.717) is 22.3 Å². The van der Waals surface area contributed by atoms with Crippen molar-refractivity contribution in [3.8, 4) is 11.1 Å². The zero-order valence-corrected chi connectivity index (χ0v) is 21.2. The summed E-state index contributed by atoms with van der Waals surface area (Å²) >= 11 is 6.15. The Morgan fingerprint density at radius 3 is 2.75 bits per heavy atom. The van der Waals surface area contributed by atoms with Crippen molar-refractivity contribution in [2.45, 2.75) is 38.6 Å². The Hall–Kier alpha value is -3.42. The van der Waals surface area contributed by atoms with E-state index in [9.17, 15) is 4.79 Å². The van der Waals surface area contributed by atoms with E-state index in [1.807, 2.05) is 42.5 Å². The highest BCUT2D eigenvalue weighted by Crippen LogP contribution is 2.29. The summed E-state index contributed by atoms with van der Waals surface area (Å²) in [6, 6.07) is 16.1. The third-order valence-corrected chi connectivity index (χ3v) is 6.94. The summed E-state index contributed by atoms with van der Waals surface area (Å²) in [5, 5.41) is 11.8. The second kappa shape index (κ2) is 11.1. The van der Waals surface area contributed by atoms with Gasteiger partial charge in [0, 0.05) is 42.1 Å². The third-order valence-electron chi connectivity index (χ3n) is 6.71. The lowest BCUT2D eigenvalue weighted by Crippen LogP contribution is -2.43. The second-order valence-corrected chi connectivity index (χ2v) is 9.66. The Kier molecular flexibility index (Phi) is 7.49. The van der Waals surface area contributed by atoms with Crippen molar-refractivity contribution in [2.75, 3.05) is 29.9 Å². The number of amides is 1. The number of nitrogens with zero attached hydrogens (tertiary/aromatic N) is 4. The number of nitrogens with one attached hydrogen (secondary N) is 2. The number of halogens is 1. The van der Waals surface area contributed by atoms with E-state index in [1.54, 1.807) is 23.1 Å². The van der Waals surface area contributed by atoms with Crippen molar-refractivity contribution in [2.24, 2.45) is 0 Å². The van der Waals surface area contributed by atoms with Crippen LogP contribution in [0.25, 0.3) is 16.8 Å². The maximum atomic E-state index is 13.2. The molecule has 0 atom stereocenters. The van der Waals surface area contributed by atoms with Crippen molar-refractivity contribution in [1.82, 2.24) is 19.9 Å². The molecule has 1 amide bonds. The normalized spacial score (nSPS) is 14.3. The number of carbonyl (C=O) groups is 1. The quantitative estimate of drug-likeness (QED) is 0.304. The van der Waals surface area contributed by atoms with Gasteiger partial charge < -0.3 is 15.5 Å². The molecule has 1 aliphatic heterocycles. The van der Waals surface area contributed by atoms with E-state index in [0.717, 1.165) is 55.0 Å². The van der Waals surface area contributed by atoms with Crippen LogP contribution in [0.1, 0.15) is 43.0 Å². The first-order valence-electron chi connectivity index (χ1n) is 12.6. The molecule has 1 fully saturated rings. The van der Waals surface area contributed by atoms with E-state index in [4.69, 9.17) is 11.6 Å². The molecule has 1 saturated heterocycles. The van der Waals surface area contributed by atoms with Gasteiger partial charge in [-0.15, -0.1) is 0 Å². The minimum Gasteiger partial charge on any atom is -0.370 e. The van der Waals surface area contributed by atoms with Gasteiger partial charge in [0.1, 0.15) is 0 Å². The van der Waals surface area contributed by atoms with Crippen molar-refractivity contribution in [3.05, 3.63) is 77.7 Å². The molecule has 0 aliphatic carbocycles. The van der Waals surface area contributed by atoms with E-state index in [-0.39, 0.29) is 5.91 Å². The van der Waals surface area contributed by atoms with Crippen LogP contribution in [-0.4, -0.2) is 46.2 Å². The second-order valence-electron chi connectivity index (χ2n) is 9.22. The van der Waals surface area contributed by atoms with Crippen LogP contribution in [0.4, 0.5) is 11.4 Å². The fourth-order valence-corrected chi connectivity index (χ4v) is 4.90. The lowest BCUT2D eigenvalue weighted by Gasteiger charge is -2.35. The van der Waals surface area contributed by atoms with E-state index < -0.39 is 0 Å². The molecule has 186 valence electrons. The van der Waals surface area contributed by atoms with Crippen LogP contribution in [0.15, 0.2) is 67.1 Å². The molecule has 5 rings (SSSR count). The summed E-state index contributed by atoms with van der Waals surface area (Å²) in [7, 11) is 0. The lowest BCUT2D eigenvalue weighted by molar-refractivity contribution is 0.102. The Labute approximate surface area is 216 Å². The highest BCUT2D eigenvalue weighted by atomic mass is 35.5. The van der Waals surface area contributed by atoms with Gasteiger partial charge in [-0.3, -0.25) is 4.79 Å². The number of aromatic nitrogens is 3.